The summed E-state index contributed by atoms with van der Waals surface area (Å²) in [5, 5.41) is 6.17. The summed E-state index contributed by atoms with van der Waals surface area (Å²) in [7, 11) is 0. The van der Waals surface area contributed by atoms with E-state index in [0.29, 0.717) is 29.5 Å². The molecule has 0 spiro atoms. The van der Waals surface area contributed by atoms with Crippen LogP contribution in [-0.2, 0) is 6.54 Å². The third-order valence-corrected chi connectivity index (χ3v) is 2.81. The quantitative estimate of drug-likeness (QED) is 0.879. The van der Waals surface area contributed by atoms with Crippen LogP contribution in [0.4, 0.5) is 5.82 Å². The summed E-state index contributed by atoms with van der Waals surface area (Å²) in [4.78, 5) is 23.9. The fraction of sp³-hybridized carbons (Fsp3) is 0.231. The first-order chi connectivity index (χ1) is 9.70. The molecule has 2 heterocycles. The van der Waals surface area contributed by atoms with E-state index >= 15 is 0 Å². The third kappa shape index (κ3) is 3.64. The molecule has 0 aliphatic rings. The Hall–Kier alpha value is -2.21. The van der Waals surface area contributed by atoms with Crippen molar-refractivity contribution in [3.05, 3.63) is 47.1 Å². The smallest absolute Gasteiger partial charge is 0.253 e. The van der Waals surface area contributed by atoms with Gasteiger partial charge in [0.25, 0.3) is 5.91 Å². The van der Waals surface area contributed by atoms with Crippen molar-refractivity contribution < 1.29 is 4.79 Å². The van der Waals surface area contributed by atoms with Crippen LogP contribution in [0.15, 0.2) is 30.9 Å². The van der Waals surface area contributed by atoms with Crippen LogP contribution in [0.1, 0.15) is 23.0 Å². The van der Waals surface area contributed by atoms with Gasteiger partial charge in [-0.1, -0.05) is 11.6 Å². The number of hydrogen-bond donors (Lipinski definition) is 2. The minimum absolute atomic E-state index is 0.249. The number of nitrogens with one attached hydrogen (secondary N) is 2. The van der Waals surface area contributed by atoms with Gasteiger partial charge in [0.2, 0.25) is 0 Å². The van der Waals surface area contributed by atoms with Gasteiger partial charge in [0, 0.05) is 18.9 Å². The number of carbonyl (C=O) groups is 1. The largest absolute Gasteiger partial charge is 0.369 e. The number of pyridine rings is 1. The van der Waals surface area contributed by atoms with Crippen LogP contribution in [0.25, 0.3) is 0 Å². The molecule has 0 atom stereocenters. The van der Waals surface area contributed by atoms with Crippen molar-refractivity contribution in [2.24, 2.45) is 0 Å². The molecule has 104 valence electrons. The topological polar surface area (TPSA) is 79.8 Å². The van der Waals surface area contributed by atoms with E-state index < -0.39 is 0 Å². The Labute approximate surface area is 121 Å². The number of aromatic nitrogens is 3. The molecular weight excluding hydrogens is 278 g/mol. The molecular formula is C13H14ClN5O. The molecule has 0 fully saturated rings. The lowest BCUT2D eigenvalue weighted by atomic mass is 10.2. The van der Waals surface area contributed by atoms with Crippen LogP contribution in [0, 0.1) is 0 Å². The van der Waals surface area contributed by atoms with E-state index in [-0.39, 0.29) is 5.91 Å². The molecule has 1 amide bonds. The van der Waals surface area contributed by atoms with Crippen molar-refractivity contribution in [1.29, 1.82) is 0 Å². The molecule has 2 rings (SSSR count). The molecule has 2 aromatic heterocycles. The predicted molar refractivity (Wildman–Crippen MR) is 76.6 cm³/mol. The molecule has 0 aromatic carbocycles. The number of anilines is 1. The fourth-order valence-electron chi connectivity index (χ4n) is 1.56. The Morgan fingerprint density at radius 3 is 2.90 bits per heavy atom. The van der Waals surface area contributed by atoms with Gasteiger partial charge in [-0.3, -0.25) is 4.79 Å². The van der Waals surface area contributed by atoms with E-state index in [1.54, 1.807) is 18.3 Å². The number of carbonyl (C=O) groups excluding carboxylic acids is 1. The molecule has 2 N–H and O–H groups in total. The van der Waals surface area contributed by atoms with Gasteiger partial charge in [0.05, 0.1) is 22.8 Å². The normalized spacial score (nSPS) is 10.1. The lowest BCUT2D eigenvalue weighted by Gasteiger charge is -2.07. The second-order valence-corrected chi connectivity index (χ2v) is 4.38. The highest BCUT2D eigenvalue weighted by Gasteiger charge is 2.09. The van der Waals surface area contributed by atoms with Crippen LogP contribution < -0.4 is 10.6 Å². The Morgan fingerprint density at radius 1 is 1.40 bits per heavy atom. The average Bonchev–Trinajstić information content (AvgIpc) is 2.48. The van der Waals surface area contributed by atoms with Gasteiger partial charge in [0.1, 0.15) is 12.1 Å². The van der Waals surface area contributed by atoms with E-state index in [4.69, 9.17) is 11.6 Å². The van der Waals surface area contributed by atoms with Crippen molar-refractivity contribution in [1.82, 2.24) is 20.3 Å². The van der Waals surface area contributed by atoms with E-state index in [0.717, 1.165) is 5.69 Å². The molecule has 0 aliphatic heterocycles. The maximum Gasteiger partial charge on any atom is 0.253 e. The summed E-state index contributed by atoms with van der Waals surface area (Å²) in [6.45, 7) is 2.99. The van der Waals surface area contributed by atoms with E-state index in [1.807, 2.05) is 6.92 Å². The molecule has 0 bridgehead atoms. The molecule has 0 saturated carbocycles. The van der Waals surface area contributed by atoms with Crippen LogP contribution in [-0.4, -0.2) is 27.4 Å². The lowest BCUT2D eigenvalue weighted by Crippen LogP contribution is -2.23. The van der Waals surface area contributed by atoms with Crippen molar-refractivity contribution >= 4 is 23.3 Å². The van der Waals surface area contributed by atoms with Gasteiger partial charge in [-0.15, -0.1) is 0 Å². The maximum atomic E-state index is 12.0. The molecule has 0 saturated heterocycles. The average molecular weight is 292 g/mol. The number of nitrogens with zero attached hydrogens (tertiary/aromatic N) is 3. The van der Waals surface area contributed by atoms with E-state index in [9.17, 15) is 4.79 Å². The van der Waals surface area contributed by atoms with Crippen LogP contribution in [0.2, 0.25) is 5.02 Å². The van der Waals surface area contributed by atoms with Crippen molar-refractivity contribution in [2.75, 3.05) is 11.9 Å². The summed E-state index contributed by atoms with van der Waals surface area (Å²) in [5.74, 6) is 0.322. The SMILES string of the molecule is CCNc1ncc(C(=O)NCc2ccncn2)cc1Cl. The molecule has 20 heavy (non-hydrogen) atoms. The van der Waals surface area contributed by atoms with Crippen molar-refractivity contribution in [2.45, 2.75) is 13.5 Å². The van der Waals surface area contributed by atoms with Gasteiger partial charge in [-0.25, -0.2) is 15.0 Å². The number of rotatable bonds is 5. The summed E-state index contributed by atoms with van der Waals surface area (Å²) < 4.78 is 0. The summed E-state index contributed by atoms with van der Waals surface area (Å²) in [6.07, 6.45) is 4.54. The minimum atomic E-state index is -0.249. The zero-order valence-corrected chi connectivity index (χ0v) is 11.7. The second-order valence-electron chi connectivity index (χ2n) is 3.97. The van der Waals surface area contributed by atoms with E-state index in [1.165, 1.54) is 12.5 Å². The third-order valence-electron chi connectivity index (χ3n) is 2.52. The first-order valence-corrected chi connectivity index (χ1v) is 6.51. The van der Waals surface area contributed by atoms with Gasteiger partial charge in [0.15, 0.2) is 0 Å². The monoisotopic (exact) mass is 291 g/mol. The van der Waals surface area contributed by atoms with Gasteiger partial charge in [-0.05, 0) is 19.1 Å². The Kier molecular flexibility index (Phi) is 4.84. The first-order valence-electron chi connectivity index (χ1n) is 6.13. The highest BCUT2D eigenvalue weighted by molar-refractivity contribution is 6.33. The number of halogens is 1. The molecule has 7 heteroatoms. The van der Waals surface area contributed by atoms with E-state index in [2.05, 4.69) is 25.6 Å². The predicted octanol–water partition coefficient (Wildman–Crippen LogP) is 1.89. The Morgan fingerprint density at radius 2 is 2.25 bits per heavy atom. The summed E-state index contributed by atoms with van der Waals surface area (Å²) in [5.41, 5.74) is 1.14. The summed E-state index contributed by atoms with van der Waals surface area (Å²) >= 11 is 6.04. The zero-order valence-electron chi connectivity index (χ0n) is 10.9. The first kappa shape index (κ1) is 14.2. The van der Waals surface area contributed by atoms with Gasteiger partial charge in [-0.2, -0.15) is 0 Å². The van der Waals surface area contributed by atoms with Gasteiger partial charge < -0.3 is 10.6 Å². The zero-order chi connectivity index (χ0) is 14.4. The molecule has 0 aliphatic carbocycles. The number of amides is 1. The van der Waals surface area contributed by atoms with Gasteiger partial charge >= 0.3 is 0 Å². The highest BCUT2D eigenvalue weighted by atomic mass is 35.5. The minimum Gasteiger partial charge on any atom is -0.369 e. The van der Waals surface area contributed by atoms with Crippen LogP contribution >= 0.6 is 11.6 Å². The fourth-order valence-corrected chi connectivity index (χ4v) is 1.79. The Balaban J connectivity index is 2.00. The molecule has 0 unspecified atom stereocenters. The maximum absolute atomic E-state index is 12.0. The van der Waals surface area contributed by atoms with Crippen molar-refractivity contribution in [3.8, 4) is 0 Å². The standard InChI is InChI=1S/C13H14ClN5O/c1-2-16-12-11(14)5-9(6-17-12)13(20)18-7-10-3-4-15-8-19-10/h3-6,8H,2,7H2,1H3,(H,16,17)(H,18,20). The Bertz CT molecular complexity index is 591. The summed E-state index contributed by atoms with van der Waals surface area (Å²) in [6, 6.07) is 3.32. The second kappa shape index (κ2) is 6.81. The van der Waals surface area contributed by atoms with Crippen LogP contribution in [0.3, 0.4) is 0 Å². The van der Waals surface area contributed by atoms with Crippen molar-refractivity contribution in [3.63, 3.8) is 0 Å². The number of hydrogen-bond acceptors (Lipinski definition) is 5. The highest BCUT2D eigenvalue weighted by Crippen LogP contribution is 2.19. The molecule has 0 radical (unpaired) electrons. The molecule has 2 aromatic rings. The van der Waals surface area contributed by atoms with Crippen LogP contribution in [0.5, 0.6) is 0 Å². The molecule has 6 nitrogen and oxygen atoms in total. The lowest BCUT2D eigenvalue weighted by molar-refractivity contribution is 0.0950.